The maximum atomic E-state index is 13.1. The summed E-state index contributed by atoms with van der Waals surface area (Å²) in [6, 6.07) is 18.3. The summed E-state index contributed by atoms with van der Waals surface area (Å²) in [6.07, 6.45) is 3.39. The molecule has 220 valence electrons. The summed E-state index contributed by atoms with van der Waals surface area (Å²) in [4.78, 5) is 29.5. The summed E-state index contributed by atoms with van der Waals surface area (Å²) in [6.45, 7) is 9.64. The van der Waals surface area contributed by atoms with Crippen molar-refractivity contribution in [2.75, 3.05) is 31.1 Å². The lowest BCUT2D eigenvalue weighted by molar-refractivity contribution is -0.575. The number of anilines is 1. The molecule has 5 heterocycles. The van der Waals surface area contributed by atoms with Crippen LogP contribution in [0.15, 0.2) is 54.6 Å². The summed E-state index contributed by atoms with van der Waals surface area (Å²) in [5.74, 6) is 1.27. The van der Waals surface area contributed by atoms with Gasteiger partial charge in [0.25, 0.3) is 0 Å². The maximum absolute atomic E-state index is 13.1. The van der Waals surface area contributed by atoms with Gasteiger partial charge in [-0.25, -0.2) is 9.78 Å². The number of carbonyl (C=O) groups is 1. The molecule has 5 saturated heterocycles. The molecule has 8 atom stereocenters. The zero-order valence-corrected chi connectivity index (χ0v) is 24.4. The molecule has 6 fully saturated rings. The highest BCUT2D eigenvalue weighted by Crippen LogP contribution is 2.60. The second-order valence-corrected chi connectivity index (χ2v) is 12.9. The maximum Gasteiger partial charge on any atom is 0.227 e. The van der Waals surface area contributed by atoms with E-state index in [0.29, 0.717) is 18.3 Å². The number of hydrogen-bond acceptors (Lipinski definition) is 7. The Kier molecular flexibility index (Phi) is 7.01. The fourth-order valence-corrected chi connectivity index (χ4v) is 7.97. The number of para-hydroxylation sites is 1. The van der Waals surface area contributed by atoms with Crippen LogP contribution in [0.25, 0.3) is 0 Å². The Hall–Kier alpha value is -2.65. The molecule has 8 rings (SSSR count). The van der Waals surface area contributed by atoms with Crippen molar-refractivity contribution in [1.82, 2.24) is 4.90 Å². The Labute approximate surface area is 242 Å². The van der Waals surface area contributed by atoms with E-state index in [0.717, 1.165) is 63.2 Å². The normalized spacial score (nSPS) is 38.2. The number of piperazine rings is 1. The van der Waals surface area contributed by atoms with Crippen LogP contribution < -0.4 is 9.64 Å². The highest BCUT2D eigenvalue weighted by molar-refractivity contribution is 5.79. The van der Waals surface area contributed by atoms with E-state index in [2.05, 4.69) is 43.0 Å². The molecule has 5 aliphatic heterocycles. The molecule has 1 amide bonds. The largest absolute Gasteiger partial charge is 0.465 e. The third kappa shape index (κ3) is 4.83. The lowest BCUT2D eigenvalue weighted by Gasteiger charge is -2.60. The summed E-state index contributed by atoms with van der Waals surface area (Å²) in [5.41, 5.74) is 1.60. The predicted molar refractivity (Wildman–Crippen MR) is 153 cm³/mol. The van der Waals surface area contributed by atoms with Crippen molar-refractivity contribution in [3.63, 3.8) is 0 Å². The fourth-order valence-electron chi connectivity index (χ4n) is 7.97. The quantitative estimate of drug-likeness (QED) is 0.466. The number of benzene rings is 2. The Balaban J connectivity index is 0.983. The summed E-state index contributed by atoms with van der Waals surface area (Å²) in [7, 11) is 0. The van der Waals surface area contributed by atoms with E-state index in [-0.39, 0.29) is 17.7 Å². The van der Waals surface area contributed by atoms with Crippen molar-refractivity contribution < 1.29 is 28.8 Å². The molecule has 41 heavy (non-hydrogen) atoms. The zero-order chi connectivity index (χ0) is 28.2. The second-order valence-electron chi connectivity index (χ2n) is 12.9. The minimum absolute atomic E-state index is 0.103. The van der Waals surface area contributed by atoms with E-state index in [1.807, 2.05) is 42.2 Å². The van der Waals surface area contributed by atoms with Gasteiger partial charge in [-0.05, 0) is 67.9 Å². The molecule has 2 bridgehead atoms. The van der Waals surface area contributed by atoms with Gasteiger partial charge in [-0.15, -0.1) is 0 Å². The first-order valence-corrected chi connectivity index (χ1v) is 15.4. The molecule has 2 aromatic rings. The standard InChI is InChI=1S/C33H42N2O6/c1-22-9-14-28-23(2)30(38-31-33(28)27(22)15-16-32(3,39-31)40-41-33)37-26-12-10-24(11-13-26)21-29(36)35-19-17-34(18-20-35)25-7-5-4-6-8-25/h4-8,10-13,22-23,27-28,30-31H,9,14-21H2,1-3H3/t22-,23-,27+,28+,30+,31-,32-,33-/m1/s1. The second kappa shape index (κ2) is 10.6. The molecular weight excluding hydrogens is 520 g/mol. The molecule has 0 N–H and O–H groups in total. The fraction of sp³-hybridized carbons (Fsp3) is 0.606. The van der Waals surface area contributed by atoms with Crippen LogP contribution >= 0.6 is 0 Å². The molecule has 0 aromatic heterocycles. The average Bonchev–Trinajstić information content (AvgIpc) is 3.23. The van der Waals surface area contributed by atoms with E-state index < -0.39 is 24.0 Å². The molecule has 6 aliphatic rings. The highest BCUT2D eigenvalue weighted by atomic mass is 17.3. The monoisotopic (exact) mass is 562 g/mol. The highest BCUT2D eigenvalue weighted by Gasteiger charge is 2.69. The van der Waals surface area contributed by atoms with E-state index in [9.17, 15) is 4.79 Å². The molecule has 1 aliphatic carbocycles. The van der Waals surface area contributed by atoms with Crippen molar-refractivity contribution in [2.24, 2.45) is 23.7 Å². The topological polar surface area (TPSA) is 69.7 Å². The van der Waals surface area contributed by atoms with Crippen LogP contribution in [0.5, 0.6) is 5.75 Å². The molecule has 0 radical (unpaired) electrons. The van der Waals surface area contributed by atoms with Gasteiger partial charge >= 0.3 is 0 Å². The first-order chi connectivity index (χ1) is 19.8. The van der Waals surface area contributed by atoms with E-state index >= 15 is 0 Å². The number of fused-ring (bicyclic) bond motifs is 2. The zero-order valence-electron chi connectivity index (χ0n) is 24.4. The summed E-state index contributed by atoms with van der Waals surface area (Å²) >= 11 is 0. The van der Waals surface area contributed by atoms with Gasteiger partial charge in [0.15, 0.2) is 11.9 Å². The van der Waals surface area contributed by atoms with Gasteiger partial charge in [0.05, 0.1) is 6.42 Å². The van der Waals surface area contributed by atoms with Crippen LogP contribution in [0.1, 0.15) is 52.0 Å². The lowest BCUT2D eigenvalue weighted by Crippen LogP contribution is -2.70. The van der Waals surface area contributed by atoms with Crippen molar-refractivity contribution in [3.8, 4) is 5.75 Å². The molecule has 1 saturated carbocycles. The summed E-state index contributed by atoms with van der Waals surface area (Å²) < 4.78 is 19.5. The van der Waals surface area contributed by atoms with Gasteiger partial charge in [0.2, 0.25) is 18.0 Å². The van der Waals surface area contributed by atoms with Gasteiger partial charge < -0.3 is 24.0 Å². The number of ether oxygens (including phenoxy) is 3. The van der Waals surface area contributed by atoms with Crippen LogP contribution in [0.3, 0.4) is 0 Å². The Morgan fingerprint density at radius 3 is 2.44 bits per heavy atom. The van der Waals surface area contributed by atoms with Crippen molar-refractivity contribution in [2.45, 2.75) is 76.8 Å². The number of rotatable bonds is 5. The van der Waals surface area contributed by atoms with Gasteiger partial charge in [-0.1, -0.05) is 44.2 Å². The molecule has 2 aromatic carbocycles. The third-order valence-corrected chi connectivity index (χ3v) is 10.4. The van der Waals surface area contributed by atoms with Gasteiger partial charge in [0, 0.05) is 50.1 Å². The molecule has 8 nitrogen and oxygen atoms in total. The van der Waals surface area contributed by atoms with Crippen molar-refractivity contribution in [1.29, 1.82) is 0 Å². The molecular formula is C33H42N2O6. The van der Waals surface area contributed by atoms with Gasteiger partial charge in [-0.2, -0.15) is 0 Å². The number of carbonyl (C=O) groups excluding carboxylic acids is 1. The van der Waals surface area contributed by atoms with Crippen molar-refractivity contribution >= 4 is 11.6 Å². The van der Waals surface area contributed by atoms with E-state index in [1.165, 1.54) is 5.69 Å². The Morgan fingerprint density at radius 1 is 0.927 bits per heavy atom. The summed E-state index contributed by atoms with van der Waals surface area (Å²) in [5, 5.41) is 0. The average molecular weight is 563 g/mol. The SMILES string of the molecule is C[C@H]1[C@@H](Oc2ccc(CC(=O)N3CCN(c4ccccc4)CC3)cc2)O[C@@H]2O[C@@]3(C)CC[C@H]4[C@H](C)CC[C@@H]1[C@@]24OO3. The lowest BCUT2D eigenvalue weighted by atomic mass is 9.58. The van der Waals surface area contributed by atoms with Crippen LogP contribution in [0.4, 0.5) is 5.69 Å². The smallest absolute Gasteiger partial charge is 0.227 e. The van der Waals surface area contributed by atoms with Crippen LogP contribution in [0, 0.1) is 23.7 Å². The predicted octanol–water partition coefficient (Wildman–Crippen LogP) is 5.16. The Morgan fingerprint density at radius 2 is 1.68 bits per heavy atom. The van der Waals surface area contributed by atoms with Crippen LogP contribution in [0.2, 0.25) is 0 Å². The third-order valence-electron chi connectivity index (χ3n) is 10.4. The molecule has 0 unspecified atom stereocenters. The minimum atomic E-state index is -0.801. The Bertz CT molecular complexity index is 1230. The van der Waals surface area contributed by atoms with Crippen molar-refractivity contribution in [3.05, 3.63) is 60.2 Å². The van der Waals surface area contributed by atoms with Crippen LogP contribution in [-0.2, 0) is 30.5 Å². The number of nitrogens with zero attached hydrogens (tertiary/aromatic N) is 2. The number of hydrogen-bond donors (Lipinski definition) is 0. The first kappa shape index (κ1) is 27.2. The van der Waals surface area contributed by atoms with E-state index in [1.54, 1.807) is 0 Å². The number of amides is 1. The minimum Gasteiger partial charge on any atom is -0.465 e. The van der Waals surface area contributed by atoms with E-state index in [4.69, 9.17) is 24.0 Å². The van der Waals surface area contributed by atoms with Crippen LogP contribution in [-0.4, -0.2) is 61.0 Å². The molecule has 8 heteroatoms. The van der Waals surface area contributed by atoms with Gasteiger partial charge in [-0.3, -0.25) is 4.79 Å². The first-order valence-electron chi connectivity index (χ1n) is 15.4. The van der Waals surface area contributed by atoms with Gasteiger partial charge in [0.1, 0.15) is 5.75 Å². The molecule has 1 spiro atoms.